The summed E-state index contributed by atoms with van der Waals surface area (Å²) < 4.78 is 1.55. The number of aliphatic carboxylic acids is 1. The molecule has 4 aromatic rings. The van der Waals surface area contributed by atoms with E-state index in [9.17, 15) is 9.59 Å². The molecule has 0 unspecified atom stereocenters. The Bertz CT molecular complexity index is 1290. The van der Waals surface area contributed by atoms with E-state index in [1.807, 2.05) is 16.8 Å². The van der Waals surface area contributed by atoms with Crippen LogP contribution in [0.1, 0.15) is 5.56 Å². The van der Waals surface area contributed by atoms with Crippen LogP contribution in [-0.2, 0) is 11.2 Å². The van der Waals surface area contributed by atoms with Crippen LogP contribution < -0.4 is 10.6 Å². The predicted octanol–water partition coefficient (Wildman–Crippen LogP) is 6.18. The molecule has 0 aliphatic heterocycles. The number of halogens is 2. The highest BCUT2D eigenvalue weighted by Crippen LogP contribution is 2.30. The number of urea groups is 1. The molecule has 2 amide bonds. The van der Waals surface area contributed by atoms with Crippen LogP contribution in [-0.4, -0.2) is 26.9 Å². The lowest BCUT2D eigenvalue weighted by atomic mass is 10.1. The van der Waals surface area contributed by atoms with E-state index in [-0.39, 0.29) is 11.4 Å². The van der Waals surface area contributed by atoms with E-state index in [1.54, 1.807) is 53.2 Å². The molecule has 0 radical (unpaired) electrons. The van der Waals surface area contributed by atoms with E-state index >= 15 is 0 Å². The quantitative estimate of drug-likeness (QED) is 0.303. The standard InChI is InChI=1S/C22H16Cl2N4O3S/c23-16-5-2-6-17(21(16)24)25-22(31)26-19-11-18(14-7-8-32-12-14)27-28(19)15-4-1-3-13(9-15)10-20(29)30/h1-9,11-12H,10H2,(H,29,30)(H2,25,26,31). The minimum absolute atomic E-state index is 0.122. The van der Waals surface area contributed by atoms with Gasteiger partial charge in [0.25, 0.3) is 0 Å². The zero-order valence-corrected chi connectivity index (χ0v) is 18.7. The molecular weight excluding hydrogens is 471 g/mol. The molecule has 0 aliphatic carbocycles. The Hall–Kier alpha value is -3.33. The monoisotopic (exact) mass is 486 g/mol. The molecule has 7 nitrogen and oxygen atoms in total. The maximum atomic E-state index is 12.7. The molecule has 2 heterocycles. The molecule has 0 atom stereocenters. The zero-order chi connectivity index (χ0) is 22.7. The number of carbonyl (C=O) groups is 2. The number of benzene rings is 2. The summed E-state index contributed by atoms with van der Waals surface area (Å²) in [6.45, 7) is 0. The van der Waals surface area contributed by atoms with Crippen molar-refractivity contribution in [1.82, 2.24) is 9.78 Å². The third-order valence-electron chi connectivity index (χ3n) is 4.48. The molecule has 2 aromatic carbocycles. The van der Waals surface area contributed by atoms with E-state index in [2.05, 4.69) is 15.7 Å². The van der Waals surface area contributed by atoms with Gasteiger partial charge in [0.15, 0.2) is 0 Å². The maximum Gasteiger partial charge on any atom is 0.324 e. The third-order valence-corrected chi connectivity index (χ3v) is 5.98. The fourth-order valence-corrected chi connectivity index (χ4v) is 4.06. The summed E-state index contributed by atoms with van der Waals surface area (Å²) in [7, 11) is 0. The van der Waals surface area contributed by atoms with Crippen LogP contribution in [0.25, 0.3) is 16.9 Å². The second-order valence-corrected chi connectivity index (χ2v) is 8.32. The molecular formula is C22H16Cl2N4O3S. The number of thiophene rings is 1. The van der Waals surface area contributed by atoms with Crippen molar-refractivity contribution in [3.05, 3.63) is 81.0 Å². The van der Waals surface area contributed by atoms with Crippen molar-refractivity contribution < 1.29 is 14.7 Å². The summed E-state index contributed by atoms with van der Waals surface area (Å²) >= 11 is 13.7. The van der Waals surface area contributed by atoms with Gasteiger partial charge in [-0.15, -0.1) is 0 Å². The number of hydrogen-bond donors (Lipinski definition) is 3. The Kier molecular flexibility index (Phi) is 6.45. The minimum Gasteiger partial charge on any atom is -0.481 e. The number of aromatic nitrogens is 2. The molecule has 10 heteroatoms. The number of carboxylic acid groups (broad SMARTS) is 1. The van der Waals surface area contributed by atoms with Crippen molar-refractivity contribution in [1.29, 1.82) is 0 Å². The highest BCUT2D eigenvalue weighted by Gasteiger charge is 2.16. The fourth-order valence-electron chi connectivity index (χ4n) is 3.06. The Morgan fingerprint density at radius 1 is 1.06 bits per heavy atom. The Morgan fingerprint density at radius 2 is 1.88 bits per heavy atom. The molecule has 3 N–H and O–H groups in total. The molecule has 32 heavy (non-hydrogen) atoms. The van der Waals surface area contributed by atoms with E-state index in [1.165, 1.54) is 11.3 Å². The summed E-state index contributed by atoms with van der Waals surface area (Å²) in [6, 6.07) is 15.0. The van der Waals surface area contributed by atoms with Gasteiger partial charge < -0.3 is 10.4 Å². The van der Waals surface area contributed by atoms with Gasteiger partial charge in [-0.25, -0.2) is 9.48 Å². The molecule has 0 saturated carbocycles. The molecule has 0 bridgehead atoms. The van der Waals surface area contributed by atoms with Gasteiger partial charge in [-0.2, -0.15) is 16.4 Å². The van der Waals surface area contributed by atoms with Crippen LogP contribution in [0.3, 0.4) is 0 Å². The highest BCUT2D eigenvalue weighted by molar-refractivity contribution is 7.08. The number of nitrogens with zero attached hydrogens (tertiary/aromatic N) is 2. The van der Waals surface area contributed by atoms with E-state index in [4.69, 9.17) is 28.3 Å². The van der Waals surface area contributed by atoms with E-state index < -0.39 is 12.0 Å². The first-order valence-corrected chi connectivity index (χ1v) is 11.1. The number of hydrogen-bond acceptors (Lipinski definition) is 4. The summed E-state index contributed by atoms with van der Waals surface area (Å²) in [5.74, 6) is -0.535. The average molecular weight is 487 g/mol. The lowest BCUT2D eigenvalue weighted by Gasteiger charge is -2.12. The topological polar surface area (TPSA) is 96.2 Å². The number of anilines is 2. The lowest BCUT2D eigenvalue weighted by molar-refractivity contribution is -0.136. The number of amides is 2. The minimum atomic E-state index is -0.933. The Balaban J connectivity index is 1.67. The van der Waals surface area contributed by atoms with Crippen LogP contribution in [0, 0.1) is 0 Å². The van der Waals surface area contributed by atoms with Crippen LogP contribution in [0.4, 0.5) is 16.3 Å². The van der Waals surface area contributed by atoms with Crippen molar-refractivity contribution >= 4 is 58.0 Å². The van der Waals surface area contributed by atoms with Crippen molar-refractivity contribution in [2.75, 3.05) is 10.6 Å². The van der Waals surface area contributed by atoms with Crippen LogP contribution in [0.15, 0.2) is 65.4 Å². The van der Waals surface area contributed by atoms with E-state index in [0.717, 1.165) is 5.56 Å². The number of nitrogens with one attached hydrogen (secondary N) is 2. The summed E-state index contributed by atoms with van der Waals surface area (Å²) in [5.41, 5.74) is 3.15. The molecule has 162 valence electrons. The SMILES string of the molecule is O=C(O)Cc1cccc(-n2nc(-c3ccsc3)cc2NC(=O)Nc2cccc(Cl)c2Cl)c1. The first-order valence-electron chi connectivity index (χ1n) is 9.36. The summed E-state index contributed by atoms with van der Waals surface area (Å²) in [6.07, 6.45) is -0.122. The van der Waals surface area contributed by atoms with Gasteiger partial charge in [0.2, 0.25) is 0 Å². The van der Waals surface area contributed by atoms with Gasteiger partial charge in [0, 0.05) is 17.0 Å². The maximum absolute atomic E-state index is 12.7. The molecule has 0 aliphatic rings. The van der Waals surface area contributed by atoms with Crippen molar-refractivity contribution in [2.24, 2.45) is 0 Å². The fraction of sp³-hybridized carbons (Fsp3) is 0.0455. The average Bonchev–Trinajstić information content (AvgIpc) is 3.41. The molecule has 0 saturated heterocycles. The normalized spacial score (nSPS) is 10.7. The van der Waals surface area contributed by atoms with Crippen molar-refractivity contribution in [2.45, 2.75) is 6.42 Å². The Labute approximate surface area is 197 Å². The number of carbonyl (C=O) groups excluding carboxylic acids is 1. The molecule has 0 spiro atoms. The Morgan fingerprint density at radius 3 is 2.62 bits per heavy atom. The van der Waals surface area contributed by atoms with Crippen molar-refractivity contribution in [3.63, 3.8) is 0 Å². The number of rotatable bonds is 6. The van der Waals surface area contributed by atoms with Gasteiger partial charge in [0.1, 0.15) is 5.82 Å². The zero-order valence-electron chi connectivity index (χ0n) is 16.4. The molecule has 0 fully saturated rings. The van der Waals surface area contributed by atoms with Crippen LogP contribution in [0.2, 0.25) is 10.0 Å². The van der Waals surface area contributed by atoms with Gasteiger partial charge in [-0.3, -0.25) is 10.1 Å². The van der Waals surface area contributed by atoms with Gasteiger partial charge in [0.05, 0.1) is 33.5 Å². The van der Waals surface area contributed by atoms with Crippen molar-refractivity contribution in [3.8, 4) is 16.9 Å². The largest absolute Gasteiger partial charge is 0.481 e. The second-order valence-electron chi connectivity index (χ2n) is 6.76. The van der Waals surface area contributed by atoms with Crippen LogP contribution in [0.5, 0.6) is 0 Å². The highest BCUT2D eigenvalue weighted by atomic mass is 35.5. The van der Waals surface area contributed by atoms with E-state index in [0.29, 0.717) is 33.5 Å². The van der Waals surface area contributed by atoms with Crippen LogP contribution >= 0.6 is 34.5 Å². The molecule has 4 rings (SSSR count). The third kappa shape index (κ3) is 4.94. The van der Waals surface area contributed by atoms with Gasteiger partial charge >= 0.3 is 12.0 Å². The smallest absolute Gasteiger partial charge is 0.324 e. The summed E-state index contributed by atoms with van der Waals surface area (Å²) in [4.78, 5) is 23.8. The first-order chi connectivity index (χ1) is 15.4. The summed E-state index contributed by atoms with van der Waals surface area (Å²) in [5, 5.41) is 23.6. The second kappa shape index (κ2) is 9.44. The predicted molar refractivity (Wildman–Crippen MR) is 127 cm³/mol. The first kappa shape index (κ1) is 21.9. The lowest BCUT2D eigenvalue weighted by Crippen LogP contribution is -2.21. The van der Waals surface area contributed by atoms with Gasteiger partial charge in [-0.05, 0) is 41.3 Å². The molecule has 2 aromatic heterocycles. The van der Waals surface area contributed by atoms with Gasteiger partial charge in [-0.1, -0.05) is 41.4 Å². The number of carboxylic acids is 1.